The zero-order valence-electron chi connectivity index (χ0n) is 41.1. The minimum atomic E-state index is 0.342. The number of hydrogen-bond acceptors (Lipinski definition) is 3. The summed E-state index contributed by atoms with van der Waals surface area (Å²) >= 11 is 1.91. The molecular weight excluding hydrogens is 916 g/mol. The summed E-state index contributed by atoms with van der Waals surface area (Å²) in [6, 6.07) is 62.8. The fourth-order valence-electron chi connectivity index (χ4n) is 19.5. The van der Waals surface area contributed by atoms with Crippen LogP contribution in [-0.2, 0) is 10.8 Å². The van der Waals surface area contributed by atoms with E-state index in [1.165, 1.54) is 132 Å². The molecule has 3 aromatic heterocycles. The molecule has 9 aromatic carbocycles. The highest BCUT2D eigenvalue weighted by Crippen LogP contribution is 2.92. The maximum atomic E-state index is 7.27. The van der Waals surface area contributed by atoms with Crippen molar-refractivity contribution in [1.29, 1.82) is 0 Å². The second-order valence-electron chi connectivity index (χ2n) is 24.7. The van der Waals surface area contributed by atoms with Gasteiger partial charge in [-0.05, 0) is 198 Å². The Morgan fingerprint density at radius 3 is 2.07 bits per heavy atom. The molecule has 7 aliphatic carbocycles. The summed E-state index contributed by atoms with van der Waals surface area (Å²) in [6.07, 6.45) is 11.5. The van der Waals surface area contributed by atoms with Gasteiger partial charge in [-0.1, -0.05) is 103 Å². The van der Waals surface area contributed by atoms with Gasteiger partial charge in [0.25, 0.3) is 0 Å². The maximum Gasteiger partial charge on any atom is 0.198 e. The van der Waals surface area contributed by atoms with Crippen molar-refractivity contribution in [3.05, 3.63) is 175 Å². The third kappa shape index (κ3) is 4.39. The molecular formula is C69H50BN2OS. The molecule has 20 rings (SSSR count). The maximum absolute atomic E-state index is 7.27. The van der Waals surface area contributed by atoms with E-state index in [-0.39, 0.29) is 0 Å². The van der Waals surface area contributed by atoms with Crippen LogP contribution >= 0.6 is 11.3 Å². The molecule has 0 saturated heterocycles. The van der Waals surface area contributed by atoms with E-state index in [2.05, 4.69) is 181 Å². The number of furan rings is 1. The molecule has 4 unspecified atom stereocenters. The molecule has 1 N–H and O–H groups in total. The Morgan fingerprint density at radius 2 is 1.27 bits per heavy atom. The normalized spacial score (nSPS) is 28.9. The standard InChI is InChI=1S/C69H50BN2OS/c1-2-8-36(9-3-1)37-14-19-48(20-15-37)71-57-31-52-51-22-38-10-4-5-11-39(38)23-61(51)74-62(52)33-55(57)63-64-59(32-54-49-12-6-7-13-60(49)73-66(54)63)72-58-21-18-42(68-40-16-17-41(68)25-44(68)24-40)28-50(58)53-29-43(30-56(70-64)65(53)72)67-34-46-26-45-27-47(35-67)69(45,46)67/h1-15,18-23,28-33,40-41,44-47,71H,16-17,24-27,34-35H2. The lowest BCUT2D eigenvalue weighted by molar-refractivity contribution is -0.395. The summed E-state index contributed by atoms with van der Waals surface area (Å²) in [7, 11) is 2.61. The molecule has 74 heavy (non-hydrogen) atoms. The third-order valence-electron chi connectivity index (χ3n) is 22.4. The van der Waals surface area contributed by atoms with Gasteiger partial charge in [0, 0.05) is 86.3 Å². The summed E-state index contributed by atoms with van der Waals surface area (Å²) in [5.74, 6) is 5.45. The predicted octanol–water partition coefficient (Wildman–Crippen LogP) is 16.6. The van der Waals surface area contributed by atoms with E-state index in [1.54, 1.807) is 11.1 Å². The van der Waals surface area contributed by atoms with Crippen molar-refractivity contribution in [2.45, 2.75) is 62.2 Å². The van der Waals surface area contributed by atoms with E-state index < -0.39 is 0 Å². The van der Waals surface area contributed by atoms with Crippen molar-refractivity contribution in [2.75, 3.05) is 5.32 Å². The Balaban J connectivity index is 0.865. The third-order valence-corrected chi connectivity index (χ3v) is 23.5. The molecule has 5 heteroatoms. The van der Waals surface area contributed by atoms with Crippen LogP contribution in [0.25, 0.3) is 103 Å². The Labute approximate surface area is 433 Å². The first-order chi connectivity index (χ1) is 36.5. The molecule has 7 saturated carbocycles. The smallest absolute Gasteiger partial charge is 0.198 e. The van der Waals surface area contributed by atoms with Crippen molar-refractivity contribution in [3.63, 3.8) is 0 Å². The van der Waals surface area contributed by atoms with Gasteiger partial charge in [0.05, 0.1) is 5.52 Å². The molecule has 0 amide bonds. The summed E-state index contributed by atoms with van der Waals surface area (Å²) in [6.45, 7) is 0. The molecule has 3 nitrogen and oxygen atoms in total. The van der Waals surface area contributed by atoms with Crippen molar-refractivity contribution in [2.24, 2.45) is 40.9 Å². The molecule has 1 radical (unpaired) electrons. The fraction of sp³-hybridized carbons (Fsp3) is 0.246. The molecule has 12 aromatic rings. The number of fused-ring (bicyclic) bond motifs is 12. The number of anilines is 2. The van der Waals surface area contributed by atoms with Crippen LogP contribution in [-0.4, -0.2) is 11.8 Å². The van der Waals surface area contributed by atoms with E-state index in [0.717, 1.165) is 79.9 Å². The number of nitrogens with zero attached hydrogens (tertiary/aromatic N) is 1. The molecule has 1 spiro atoms. The number of aromatic nitrogens is 1. The van der Waals surface area contributed by atoms with Crippen molar-refractivity contribution in [1.82, 2.24) is 4.57 Å². The first-order valence-corrected chi connectivity index (χ1v) is 28.6. The molecule has 8 aliphatic rings. The van der Waals surface area contributed by atoms with Crippen molar-refractivity contribution in [3.8, 4) is 27.9 Å². The number of thiophene rings is 1. The largest absolute Gasteiger partial charge is 0.455 e. The van der Waals surface area contributed by atoms with E-state index in [4.69, 9.17) is 4.42 Å². The molecule has 4 atom stereocenters. The summed E-state index contributed by atoms with van der Waals surface area (Å²) in [4.78, 5) is 0. The van der Waals surface area contributed by atoms with Crippen LogP contribution < -0.4 is 16.2 Å². The highest BCUT2D eigenvalue weighted by molar-refractivity contribution is 7.26. The number of hydrogen-bond donors (Lipinski definition) is 1. The van der Waals surface area contributed by atoms with E-state index >= 15 is 0 Å². The summed E-state index contributed by atoms with van der Waals surface area (Å²) in [5.41, 5.74) is 20.0. The van der Waals surface area contributed by atoms with Crippen LogP contribution in [0.15, 0.2) is 168 Å². The Hall–Kier alpha value is -7.08. The van der Waals surface area contributed by atoms with Gasteiger partial charge >= 0.3 is 0 Å². The highest BCUT2D eigenvalue weighted by Gasteiger charge is 2.87. The van der Waals surface area contributed by atoms with E-state index in [1.807, 2.05) is 11.3 Å². The minimum Gasteiger partial charge on any atom is -0.455 e. The van der Waals surface area contributed by atoms with Gasteiger partial charge in [0.15, 0.2) is 7.28 Å². The van der Waals surface area contributed by atoms with Gasteiger partial charge in [0.2, 0.25) is 0 Å². The average molecular weight is 966 g/mol. The van der Waals surface area contributed by atoms with Gasteiger partial charge in [-0.15, -0.1) is 11.3 Å². The van der Waals surface area contributed by atoms with Gasteiger partial charge in [-0.2, -0.15) is 0 Å². The second-order valence-corrected chi connectivity index (χ2v) is 25.7. The number of nitrogens with one attached hydrogen (secondary N) is 1. The summed E-state index contributed by atoms with van der Waals surface area (Å²) in [5, 5.41) is 14.5. The van der Waals surface area contributed by atoms with E-state index in [0.29, 0.717) is 16.2 Å². The van der Waals surface area contributed by atoms with Crippen molar-refractivity contribution < 1.29 is 4.42 Å². The Kier molecular flexibility index (Phi) is 6.95. The first-order valence-electron chi connectivity index (χ1n) is 27.8. The molecule has 0 bridgehead atoms. The Bertz CT molecular complexity index is 4530. The predicted molar refractivity (Wildman–Crippen MR) is 308 cm³/mol. The minimum absolute atomic E-state index is 0.342. The van der Waals surface area contributed by atoms with Gasteiger partial charge in [-0.3, -0.25) is 0 Å². The van der Waals surface area contributed by atoms with Crippen LogP contribution in [0.3, 0.4) is 0 Å². The topological polar surface area (TPSA) is 30.1 Å². The van der Waals surface area contributed by atoms with Crippen LogP contribution in [0.2, 0.25) is 0 Å². The fourth-order valence-corrected chi connectivity index (χ4v) is 20.7. The zero-order chi connectivity index (χ0) is 47.6. The molecule has 351 valence electrons. The lowest BCUT2D eigenvalue weighted by Gasteiger charge is -2.91. The van der Waals surface area contributed by atoms with Gasteiger partial charge < -0.3 is 14.3 Å². The SMILES string of the molecule is [B]1c2c(cc3c(oc4ccccc43)c2-c2cc3sc4cc5ccccc5cc4c3cc2Nc2ccc(-c3ccccc3)cc2)-n2c3ccc(C45C6CCC4CC5C6)cc3c3cc(C45CC6CC7CC(C4)C765)cc1c32. The van der Waals surface area contributed by atoms with Crippen molar-refractivity contribution >= 4 is 116 Å². The van der Waals surface area contributed by atoms with Gasteiger partial charge in [0.1, 0.15) is 11.2 Å². The van der Waals surface area contributed by atoms with E-state index in [9.17, 15) is 0 Å². The highest BCUT2D eigenvalue weighted by atomic mass is 32.1. The first kappa shape index (κ1) is 39.4. The van der Waals surface area contributed by atoms with Crippen LogP contribution in [0, 0.1) is 40.9 Å². The van der Waals surface area contributed by atoms with Crippen LogP contribution in [0.1, 0.15) is 62.5 Å². The lowest BCUT2D eigenvalue weighted by atomic mass is 9.12. The quantitative estimate of drug-likeness (QED) is 0.168. The zero-order valence-corrected chi connectivity index (χ0v) is 41.9. The number of para-hydroxylation sites is 1. The number of benzene rings is 9. The van der Waals surface area contributed by atoms with Gasteiger partial charge in [-0.25, -0.2) is 0 Å². The van der Waals surface area contributed by atoms with Crippen LogP contribution in [0.4, 0.5) is 11.4 Å². The molecule has 1 aliphatic heterocycles. The monoisotopic (exact) mass is 965 g/mol. The summed E-state index contributed by atoms with van der Waals surface area (Å²) < 4.78 is 12.6. The Morgan fingerprint density at radius 1 is 0.554 bits per heavy atom. The number of rotatable bonds is 6. The lowest BCUT2D eigenvalue weighted by Crippen LogP contribution is -2.87. The molecule has 7 fully saturated rings. The average Bonchev–Trinajstić information content (AvgIpc) is 4.11. The van der Waals surface area contributed by atoms with Crippen LogP contribution in [0.5, 0.6) is 0 Å². The molecule has 4 heterocycles. The second kappa shape index (κ2) is 13.1.